The Morgan fingerprint density at radius 1 is 1.30 bits per heavy atom. The van der Waals surface area contributed by atoms with Crippen molar-refractivity contribution in [1.82, 2.24) is 0 Å². The van der Waals surface area contributed by atoms with Crippen LogP contribution in [0.25, 0.3) is 0 Å². The summed E-state index contributed by atoms with van der Waals surface area (Å²) >= 11 is 0. The van der Waals surface area contributed by atoms with E-state index in [9.17, 15) is 15.0 Å². The van der Waals surface area contributed by atoms with Crippen molar-refractivity contribution in [3.8, 4) is 0 Å². The van der Waals surface area contributed by atoms with Crippen LogP contribution in [0.5, 0.6) is 0 Å². The maximum absolute atomic E-state index is 11.5. The van der Waals surface area contributed by atoms with Gasteiger partial charge in [-0.05, 0) is 26.7 Å². The van der Waals surface area contributed by atoms with E-state index in [0.717, 1.165) is 32.1 Å². The van der Waals surface area contributed by atoms with Gasteiger partial charge in [0.25, 0.3) is 0 Å². The molecule has 0 aliphatic carbocycles. The zero-order chi connectivity index (χ0) is 15.2. The highest BCUT2D eigenvalue weighted by molar-refractivity contribution is 5.75. The van der Waals surface area contributed by atoms with Gasteiger partial charge in [-0.25, -0.2) is 0 Å². The molecular weight excluding hydrogens is 260 g/mol. The molecule has 0 aromatic carbocycles. The number of carbonyl (C=O) groups is 1. The molecule has 3 N–H and O–H groups in total. The van der Waals surface area contributed by atoms with E-state index in [0.29, 0.717) is 6.42 Å². The Bertz CT molecular complexity index is 297. The van der Waals surface area contributed by atoms with Gasteiger partial charge >= 0.3 is 5.97 Å². The molecule has 0 aromatic heterocycles. The van der Waals surface area contributed by atoms with E-state index in [1.165, 1.54) is 0 Å². The van der Waals surface area contributed by atoms with Crippen LogP contribution in [0.3, 0.4) is 0 Å². The van der Waals surface area contributed by atoms with Crippen molar-refractivity contribution in [2.24, 2.45) is 11.8 Å². The lowest BCUT2D eigenvalue weighted by atomic mass is 9.88. The zero-order valence-electron chi connectivity index (χ0n) is 12.5. The first-order valence-electron chi connectivity index (χ1n) is 7.53. The molecule has 0 amide bonds. The van der Waals surface area contributed by atoms with Crippen LogP contribution in [0.15, 0.2) is 0 Å². The standard InChI is InChI=1S/C15H28O5/c1-15(2,19)8-6-4-3-5-7-12(17)13-11(9-16)10-20-14(13)18/h11-13,16-17,19H,3-10H2,1-2H3. The maximum atomic E-state index is 11.5. The summed E-state index contributed by atoms with van der Waals surface area (Å²) < 4.78 is 4.89. The van der Waals surface area contributed by atoms with E-state index in [4.69, 9.17) is 9.84 Å². The summed E-state index contributed by atoms with van der Waals surface area (Å²) in [6.07, 6.45) is 4.39. The molecule has 0 radical (unpaired) electrons. The lowest BCUT2D eigenvalue weighted by Crippen LogP contribution is -2.31. The van der Waals surface area contributed by atoms with Crippen molar-refractivity contribution >= 4 is 5.97 Å². The topological polar surface area (TPSA) is 87.0 Å². The van der Waals surface area contributed by atoms with Gasteiger partial charge < -0.3 is 20.1 Å². The molecule has 5 heteroatoms. The van der Waals surface area contributed by atoms with Crippen molar-refractivity contribution in [2.45, 2.75) is 64.1 Å². The van der Waals surface area contributed by atoms with Crippen LogP contribution in [-0.4, -0.2) is 46.2 Å². The molecule has 1 aliphatic heterocycles. The first kappa shape index (κ1) is 17.4. The third-order valence-corrected chi connectivity index (χ3v) is 3.91. The van der Waals surface area contributed by atoms with Gasteiger partial charge in [0, 0.05) is 5.92 Å². The Morgan fingerprint density at radius 3 is 2.55 bits per heavy atom. The monoisotopic (exact) mass is 288 g/mol. The smallest absolute Gasteiger partial charge is 0.312 e. The van der Waals surface area contributed by atoms with Gasteiger partial charge in [0.1, 0.15) is 0 Å². The minimum Gasteiger partial charge on any atom is -0.465 e. The van der Waals surface area contributed by atoms with Crippen LogP contribution in [-0.2, 0) is 9.53 Å². The SMILES string of the molecule is CC(C)(O)CCCCCCC(O)C1C(=O)OCC1CO. The zero-order valence-corrected chi connectivity index (χ0v) is 12.5. The highest BCUT2D eigenvalue weighted by atomic mass is 16.5. The van der Waals surface area contributed by atoms with E-state index in [1.54, 1.807) is 13.8 Å². The minimum atomic E-state index is -0.726. The van der Waals surface area contributed by atoms with Gasteiger partial charge in [0.15, 0.2) is 0 Å². The Labute approximate surface area is 121 Å². The molecule has 1 aliphatic rings. The number of unbranched alkanes of at least 4 members (excludes halogenated alkanes) is 3. The van der Waals surface area contributed by atoms with Gasteiger partial charge in [-0.1, -0.05) is 25.7 Å². The van der Waals surface area contributed by atoms with Crippen LogP contribution >= 0.6 is 0 Å². The van der Waals surface area contributed by atoms with Gasteiger partial charge in [-0.15, -0.1) is 0 Å². The van der Waals surface area contributed by atoms with Crippen molar-refractivity contribution < 1.29 is 24.9 Å². The summed E-state index contributed by atoms with van der Waals surface area (Å²) in [6.45, 7) is 3.69. The normalized spacial score (nSPS) is 24.8. The molecular formula is C15H28O5. The summed E-state index contributed by atoms with van der Waals surface area (Å²) in [7, 11) is 0. The Morgan fingerprint density at radius 2 is 1.95 bits per heavy atom. The predicted octanol–water partition coefficient (Wildman–Crippen LogP) is 1.24. The van der Waals surface area contributed by atoms with E-state index in [1.807, 2.05) is 0 Å². The molecule has 0 spiro atoms. The lowest BCUT2D eigenvalue weighted by Gasteiger charge is -2.19. The Balaban J connectivity index is 2.16. The number of aliphatic hydroxyl groups is 3. The fraction of sp³-hybridized carbons (Fsp3) is 0.933. The second-order valence-electron chi connectivity index (χ2n) is 6.43. The van der Waals surface area contributed by atoms with Crippen molar-refractivity contribution in [1.29, 1.82) is 0 Å². The molecule has 3 atom stereocenters. The van der Waals surface area contributed by atoms with E-state index < -0.39 is 23.6 Å². The molecule has 20 heavy (non-hydrogen) atoms. The summed E-state index contributed by atoms with van der Waals surface area (Å²) in [5.41, 5.74) is -0.610. The quantitative estimate of drug-likeness (QED) is 0.439. The molecule has 1 fully saturated rings. The molecule has 3 unspecified atom stereocenters. The number of hydrogen-bond donors (Lipinski definition) is 3. The predicted molar refractivity (Wildman–Crippen MR) is 75.0 cm³/mol. The highest BCUT2D eigenvalue weighted by Crippen LogP contribution is 2.27. The average Bonchev–Trinajstić information content (AvgIpc) is 2.73. The molecule has 0 bridgehead atoms. The van der Waals surface area contributed by atoms with Crippen LogP contribution in [0.1, 0.15) is 52.4 Å². The fourth-order valence-electron chi connectivity index (χ4n) is 2.66. The summed E-state index contributed by atoms with van der Waals surface area (Å²) in [6, 6.07) is 0. The lowest BCUT2D eigenvalue weighted by molar-refractivity contribution is -0.144. The molecule has 1 saturated heterocycles. The molecule has 0 aromatic rings. The maximum Gasteiger partial charge on any atom is 0.312 e. The minimum absolute atomic E-state index is 0.126. The second kappa shape index (κ2) is 7.96. The third-order valence-electron chi connectivity index (χ3n) is 3.91. The number of carbonyl (C=O) groups excluding carboxylic acids is 1. The van der Waals surface area contributed by atoms with Gasteiger partial charge in [-0.2, -0.15) is 0 Å². The number of aliphatic hydroxyl groups excluding tert-OH is 2. The highest BCUT2D eigenvalue weighted by Gasteiger charge is 2.41. The van der Waals surface area contributed by atoms with Crippen molar-refractivity contribution in [3.63, 3.8) is 0 Å². The first-order chi connectivity index (χ1) is 9.35. The number of esters is 1. The van der Waals surface area contributed by atoms with Crippen LogP contribution < -0.4 is 0 Å². The van der Waals surface area contributed by atoms with Gasteiger partial charge in [0.2, 0.25) is 0 Å². The summed E-state index contributed by atoms with van der Waals surface area (Å²) in [5.74, 6) is -1.23. The number of hydrogen-bond acceptors (Lipinski definition) is 5. The van der Waals surface area contributed by atoms with Crippen molar-refractivity contribution in [2.75, 3.05) is 13.2 Å². The number of rotatable bonds is 9. The second-order valence-corrected chi connectivity index (χ2v) is 6.43. The molecule has 0 saturated carbocycles. The van der Waals surface area contributed by atoms with Crippen LogP contribution in [0, 0.1) is 11.8 Å². The molecule has 118 valence electrons. The fourth-order valence-corrected chi connectivity index (χ4v) is 2.66. The largest absolute Gasteiger partial charge is 0.465 e. The van der Waals surface area contributed by atoms with E-state index in [-0.39, 0.29) is 19.1 Å². The van der Waals surface area contributed by atoms with E-state index in [2.05, 4.69) is 0 Å². The van der Waals surface area contributed by atoms with Gasteiger partial charge in [-0.3, -0.25) is 4.79 Å². The van der Waals surface area contributed by atoms with Gasteiger partial charge in [0.05, 0.1) is 30.8 Å². The summed E-state index contributed by atoms with van der Waals surface area (Å²) in [5, 5.41) is 28.8. The molecule has 5 nitrogen and oxygen atoms in total. The molecule has 1 heterocycles. The third kappa shape index (κ3) is 5.77. The Kier molecular flexibility index (Phi) is 6.92. The van der Waals surface area contributed by atoms with Crippen molar-refractivity contribution in [3.05, 3.63) is 0 Å². The average molecular weight is 288 g/mol. The molecule has 1 rings (SSSR count). The van der Waals surface area contributed by atoms with Crippen LogP contribution in [0.2, 0.25) is 0 Å². The van der Waals surface area contributed by atoms with Crippen LogP contribution in [0.4, 0.5) is 0 Å². The summed E-state index contributed by atoms with van der Waals surface area (Å²) in [4.78, 5) is 11.5. The van der Waals surface area contributed by atoms with E-state index >= 15 is 0 Å². The Hall–Kier alpha value is -0.650. The number of ether oxygens (including phenoxy) is 1. The first-order valence-corrected chi connectivity index (χ1v) is 7.53. The number of cyclic esters (lactones) is 1.